The highest BCUT2D eigenvalue weighted by Crippen LogP contribution is 2.40. The molecule has 1 aliphatic heterocycles. The summed E-state index contributed by atoms with van der Waals surface area (Å²) >= 11 is 0. The van der Waals surface area contributed by atoms with Crippen molar-refractivity contribution in [2.75, 3.05) is 5.73 Å². The molecule has 2 N–H and O–H groups in total. The van der Waals surface area contributed by atoms with Crippen LogP contribution in [-0.4, -0.2) is 25.6 Å². The van der Waals surface area contributed by atoms with Crippen LogP contribution >= 0.6 is 0 Å². The lowest BCUT2D eigenvalue weighted by atomic mass is 9.91. The van der Waals surface area contributed by atoms with E-state index in [0.717, 1.165) is 12.1 Å². The standard InChI is InChI=1S/C13H19N5O/c1-4-9-7(2)8(3)13(19-9)18-6-17-10-11(14)15-5-16-12(10)18/h5-9,13H,4H2,1-3H3,(H2,14,15,16)/t7-,8?,9+,13+/m0/s1. The van der Waals surface area contributed by atoms with Crippen LogP contribution in [0.2, 0.25) is 0 Å². The molecule has 3 heterocycles. The third-order valence-electron chi connectivity index (χ3n) is 4.24. The van der Waals surface area contributed by atoms with Gasteiger partial charge in [-0.05, 0) is 12.3 Å². The van der Waals surface area contributed by atoms with E-state index in [1.165, 1.54) is 6.33 Å². The zero-order valence-corrected chi connectivity index (χ0v) is 11.4. The second-order valence-corrected chi connectivity index (χ2v) is 5.27. The van der Waals surface area contributed by atoms with Crippen LogP contribution in [0.1, 0.15) is 33.4 Å². The largest absolute Gasteiger partial charge is 0.382 e. The van der Waals surface area contributed by atoms with E-state index in [-0.39, 0.29) is 12.3 Å². The molecule has 0 spiro atoms. The van der Waals surface area contributed by atoms with Crippen molar-refractivity contribution in [2.45, 2.75) is 39.5 Å². The highest BCUT2D eigenvalue weighted by Gasteiger charge is 2.39. The second kappa shape index (κ2) is 4.45. The summed E-state index contributed by atoms with van der Waals surface area (Å²) in [7, 11) is 0. The Balaban J connectivity index is 2.04. The lowest BCUT2D eigenvalue weighted by Gasteiger charge is -2.17. The predicted molar refractivity (Wildman–Crippen MR) is 72.3 cm³/mol. The number of nitrogens with two attached hydrogens (primary N) is 1. The van der Waals surface area contributed by atoms with Crippen LogP contribution in [0.4, 0.5) is 5.82 Å². The van der Waals surface area contributed by atoms with E-state index in [2.05, 4.69) is 35.7 Å². The van der Waals surface area contributed by atoms with Gasteiger partial charge in [0.05, 0.1) is 12.4 Å². The van der Waals surface area contributed by atoms with Gasteiger partial charge in [-0.1, -0.05) is 20.8 Å². The molecule has 6 heteroatoms. The average Bonchev–Trinajstić information content (AvgIpc) is 2.94. The Bertz CT molecular complexity index is 596. The lowest BCUT2D eigenvalue weighted by Crippen LogP contribution is -2.15. The fourth-order valence-corrected chi connectivity index (χ4v) is 2.87. The van der Waals surface area contributed by atoms with Crippen LogP contribution in [0.25, 0.3) is 11.2 Å². The zero-order chi connectivity index (χ0) is 13.6. The van der Waals surface area contributed by atoms with Crippen LogP contribution in [0, 0.1) is 11.8 Å². The Kier molecular flexibility index (Phi) is 2.89. The van der Waals surface area contributed by atoms with E-state index in [1.54, 1.807) is 6.33 Å². The maximum atomic E-state index is 6.15. The van der Waals surface area contributed by atoms with Crippen LogP contribution in [-0.2, 0) is 4.74 Å². The number of ether oxygens (including phenoxy) is 1. The number of nitrogens with zero attached hydrogens (tertiary/aromatic N) is 4. The highest BCUT2D eigenvalue weighted by molar-refractivity contribution is 5.81. The maximum absolute atomic E-state index is 6.15. The molecule has 0 amide bonds. The minimum absolute atomic E-state index is 0.0285. The van der Waals surface area contributed by atoms with Crippen molar-refractivity contribution < 1.29 is 4.74 Å². The van der Waals surface area contributed by atoms with Crippen molar-refractivity contribution >= 4 is 17.0 Å². The summed E-state index contributed by atoms with van der Waals surface area (Å²) in [6.45, 7) is 6.60. The van der Waals surface area contributed by atoms with Gasteiger partial charge in [0.15, 0.2) is 11.5 Å². The number of fused-ring (bicyclic) bond motifs is 1. The number of anilines is 1. The van der Waals surface area contributed by atoms with Gasteiger partial charge in [0.25, 0.3) is 0 Å². The summed E-state index contributed by atoms with van der Waals surface area (Å²) in [6, 6.07) is 0. The fraction of sp³-hybridized carbons (Fsp3) is 0.615. The van der Waals surface area contributed by atoms with Crippen LogP contribution in [0.3, 0.4) is 0 Å². The molecule has 0 radical (unpaired) electrons. The molecule has 2 aromatic rings. The van der Waals surface area contributed by atoms with Crippen molar-refractivity contribution in [2.24, 2.45) is 11.8 Å². The van der Waals surface area contributed by atoms with Crippen molar-refractivity contribution in [3.05, 3.63) is 12.7 Å². The predicted octanol–water partition coefficient (Wildman–Crippen LogP) is 1.99. The smallest absolute Gasteiger partial charge is 0.167 e. The Morgan fingerprint density at radius 2 is 2.05 bits per heavy atom. The molecule has 1 aliphatic rings. The summed E-state index contributed by atoms with van der Waals surface area (Å²) in [6.07, 6.45) is 4.50. The topological polar surface area (TPSA) is 78.9 Å². The van der Waals surface area contributed by atoms with Crippen molar-refractivity contribution in [1.82, 2.24) is 19.5 Å². The minimum Gasteiger partial charge on any atom is -0.382 e. The summed E-state index contributed by atoms with van der Waals surface area (Å²) < 4.78 is 8.13. The van der Waals surface area contributed by atoms with Crippen LogP contribution < -0.4 is 5.73 Å². The molecule has 19 heavy (non-hydrogen) atoms. The SMILES string of the molecule is CC[C@H]1O[C@@H](n2cnc3c(N)ncnc32)C(C)[C@@H]1C. The van der Waals surface area contributed by atoms with Gasteiger partial charge in [0.1, 0.15) is 18.1 Å². The molecule has 4 atom stereocenters. The van der Waals surface area contributed by atoms with Gasteiger partial charge < -0.3 is 10.5 Å². The minimum atomic E-state index is -0.0285. The van der Waals surface area contributed by atoms with Gasteiger partial charge >= 0.3 is 0 Å². The van der Waals surface area contributed by atoms with E-state index in [0.29, 0.717) is 23.2 Å². The summed E-state index contributed by atoms with van der Waals surface area (Å²) in [5, 5.41) is 0. The number of hydrogen-bond acceptors (Lipinski definition) is 5. The number of nitrogen functional groups attached to an aromatic ring is 1. The Morgan fingerprint density at radius 1 is 1.26 bits per heavy atom. The summed E-state index contributed by atoms with van der Waals surface area (Å²) in [5.74, 6) is 1.35. The number of imidazole rings is 1. The summed E-state index contributed by atoms with van der Waals surface area (Å²) in [4.78, 5) is 12.6. The molecule has 0 aliphatic carbocycles. The molecule has 6 nitrogen and oxygen atoms in total. The lowest BCUT2D eigenvalue weighted by molar-refractivity contribution is -0.0120. The molecule has 1 fully saturated rings. The van der Waals surface area contributed by atoms with E-state index >= 15 is 0 Å². The average molecular weight is 261 g/mol. The maximum Gasteiger partial charge on any atom is 0.167 e. The molecule has 2 aromatic heterocycles. The molecular weight excluding hydrogens is 242 g/mol. The molecule has 0 saturated carbocycles. The second-order valence-electron chi connectivity index (χ2n) is 5.27. The molecule has 0 bridgehead atoms. The Labute approximate surface area is 112 Å². The van der Waals surface area contributed by atoms with Crippen molar-refractivity contribution in [1.29, 1.82) is 0 Å². The molecular formula is C13H19N5O. The molecule has 0 aromatic carbocycles. The van der Waals surface area contributed by atoms with Gasteiger partial charge in [-0.3, -0.25) is 4.57 Å². The number of aromatic nitrogens is 4. The molecule has 1 unspecified atom stereocenters. The first-order valence-corrected chi connectivity index (χ1v) is 6.72. The van der Waals surface area contributed by atoms with Crippen molar-refractivity contribution in [3.63, 3.8) is 0 Å². The third kappa shape index (κ3) is 1.78. The van der Waals surface area contributed by atoms with Gasteiger partial charge in [0, 0.05) is 5.92 Å². The summed E-state index contributed by atoms with van der Waals surface area (Å²) in [5.41, 5.74) is 7.20. The zero-order valence-electron chi connectivity index (χ0n) is 11.4. The van der Waals surface area contributed by atoms with Crippen LogP contribution in [0.5, 0.6) is 0 Å². The van der Waals surface area contributed by atoms with Crippen molar-refractivity contribution in [3.8, 4) is 0 Å². The van der Waals surface area contributed by atoms with E-state index in [4.69, 9.17) is 10.5 Å². The van der Waals surface area contributed by atoms with E-state index < -0.39 is 0 Å². The molecule has 102 valence electrons. The first-order valence-electron chi connectivity index (χ1n) is 6.72. The monoisotopic (exact) mass is 261 g/mol. The quantitative estimate of drug-likeness (QED) is 0.894. The molecule has 3 rings (SSSR count). The first-order chi connectivity index (χ1) is 9.13. The van der Waals surface area contributed by atoms with Crippen LogP contribution in [0.15, 0.2) is 12.7 Å². The van der Waals surface area contributed by atoms with E-state index in [1.807, 2.05) is 4.57 Å². The normalized spacial score (nSPS) is 31.1. The number of hydrogen-bond donors (Lipinski definition) is 1. The van der Waals surface area contributed by atoms with Gasteiger partial charge in [-0.25, -0.2) is 15.0 Å². The van der Waals surface area contributed by atoms with E-state index in [9.17, 15) is 0 Å². The highest BCUT2D eigenvalue weighted by atomic mass is 16.5. The van der Waals surface area contributed by atoms with Gasteiger partial charge in [0.2, 0.25) is 0 Å². The Morgan fingerprint density at radius 3 is 2.74 bits per heavy atom. The molecule has 1 saturated heterocycles. The Hall–Kier alpha value is -1.69. The van der Waals surface area contributed by atoms with Gasteiger partial charge in [-0.15, -0.1) is 0 Å². The first kappa shape index (κ1) is 12.3. The van der Waals surface area contributed by atoms with Gasteiger partial charge in [-0.2, -0.15) is 0 Å². The number of rotatable bonds is 2. The fourth-order valence-electron chi connectivity index (χ4n) is 2.87. The third-order valence-corrected chi connectivity index (χ3v) is 4.24.